The number of esters is 1. The van der Waals surface area contributed by atoms with E-state index in [2.05, 4.69) is 53.8 Å². The molecule has 0 spiro atoms. The molecule has 0 unspecified atom stereocenters. The molecule has 1 amide bonds. The summed E-state index contributed by atoms with van der Waals surface area (Å²) in [6.07, 6.45) is 5.28. The first kappa shape index (κ1) is 22.9. The number of nitrogens with zero attached hydrogens (tertiary/aromatic N) is 1. The number of amides is 1. The predicted octanol–water partition coefficient (Wildman–Crippen LogP) is 5.70. The third-order valence-corrected chi connectivity index (χ3v) is 8.79. The molecular formula is C23H32INO3S. The highest BCUT2D eigenvalue weighted by Gasteiger charge is 2.36. The Bertz CT molecular complexity index is 811. The molecule has 160 valence electrons. The molecule has 0 atom stereocenters. The van der Waals surface area contributed by atoms with Gasteiger partial charge in [0.1, 0.15) is 0 Å². The summed E-state index contributed by atoms with van der Waals surface area (Å²) in [6.45, 7) is 11.8. The van der Waals surface area contributed by atoms with Crippen LogP contribution in [0.1, 0.15) is 74.3 Å². The van der Waals surface area contributed by atoms with E-state index in [1.54, 1.807) is 8.93 Å². The van der Waals surface area contributed by atoms with Crippen molar-refractivity contribution in [1.82, 2.24) is 4.90 Å². The Kier molecular flexibility index (Phi) is 7.24. The smallest absolute Gasteiger partial charge is 0.310 e. The van der Waals surface area contributed by atoms with Gasteiger partial charge in [-0.2, -0.15) is 0 Å². The quantitative estimate of drug-likeness (QED) is 0.363. The SMILES string of the molecule is CCOC(=O)Cc1c(C)c2c(c(C)c1SI)CN(C1CCC(C)(C)CC1)C(=O)C2. The minimum atomic E-state index is -0.199. The van der Waals surface area contributed by atoms with Gasteiger partial charge in [0.15, 0.2) is 0 Å². The first-order chi connectivity index (χ1) is 13.7. The lowest BCUT2D eigenvalue weighted by Crippen LogP contribution is -2.46. The van der Waals surface area contributed by atoms with Crippen LogP contribution in [0.2, 0.25) is 0 Å². The van der Waals surface area contributed by atoms with Crippen LogP contribution in [0.25, 0.3) is 0 Å². The molecule has 1 saturated carbocycles. The zero-order valence-corrected chi connectivity index (χ0v) is 21.2. The number of hydrogen-bond acceptors (Lipinski definition) is 4. The highest BCUT2D eigenvalue weighted by Crippen LogP contribution is 2.42. The van der Waals surface area contributed by atoms with Crippen LogP contribution in [0.3, 0.4) is 0 Å². The molecule has 0 bridgehead atoms. The molecule has 4 nitrogen and oxygen atoms in total. The monoisotopic (exact) mass is 529 g/mol. The molecule has 1 fully saturated rings. The highest BCUT2D eigenvalue weighted by atomic mass is 127. The second-order valence-electron chi connectivity index (χ2n) is 9.17. The standard InChI is InChI=1S/C23H32INO3S/c1-6-28-21(27)12-18-14(2)17-11-20(26)25(13-19(17)15(3)22(18)29-24)16-7-9-23(4,5)10-8-16/h16H,6-13H2,1-5H3. The fourth-order valence-corrected chi connectivity index (χ4v) is 7.18. The summed E-state index contributed by atoms with van der Waals surface area (Å²) < 4.78 is 5.19. The number of ether oxygens (including phenoxy) is 1. The number of rotatable bonds is 5. The van der Waals surface area contributed by atoms with Crippen molar-refractivity contribution >= 4 is 42.0 Å². The van der Waals surface area contributed by atoms with Gasteiger partial charge in [0.05, 0.1) is 19.4 Å². The van der Waals surface area contributed by atoms with Crippen LogP contribution in [0.5, 0.6) is 0 Å². The van der Waals surface area contributed by atoms with E-state index in [9.17, 15) is 9.59 Å². The fraction of sp³-hybridized carbons (Fsp3) is 0.652. The first-order valence-electron chi connectivity index (χ1n) is 10.6. The lowest BCUT2D eigenvalue weighted by atomic mass is 9.74. The van der Waals surface area contributed by atoms with Crippen molar-refractivity contribution in [2.24, 2.45) is 5.41 Å². The van der Waals surface area contributed by atoms with Crippen LogP contribution in [0.15, 0.2) is 4.90 Å². The number of halogens is 1. The molecule has 1 aliphatic carbocycles. The van der Waals surface area contributed by atoms with Crippen molar-refractivity contribution in [3.05, 3.63) is 27.8 Å². The molecule has 0 radical (unpaired) electrons. The van der Waals surface area contributed by atoms with E-state index in [1.165, 1.54) is 24.0 Å². The maximum absolute atomic E-state index is 13.1. The Morgan fingerprint density at radius 3 is 2.45 bits per heavy atom. The zero-order chi connectivity index (χ0) is 21.3. The average molecular weight is 529 g/mol. The van der Waals surface area contributed by atoms with Crippen LogP contribution in [-0.2, 0) is 33.7 Å². The van der Waals surface area contributed by atoms with Crippen molar-refractivity contribution in [1.29, 1.82) is 0 Å². The summed E-state index contributed by atoms with van der Waals surface area (Å²) in [4.78, 5) is 28.6. The maximum atomic E-state index is 13.1. The van der Waals surface area contributed by atoms with Crippen molar-refractivity contribution in [2.45, 2.75) is 90.6 Å². The summed E-state index contributed by atoms with van der Waals surface area (Å²) in [5.74, 6) is 0.0388. The Labute approximate surface area is 191 Å². The van der Waals surface area contributed by atoms with Gasteiger partial charge in [-0.05, 0) is 79.7 Å². The van der Waals surface area contributed by atoms with Gasteiger partial charge in [0.25, 0.3) is 0 Å². The number of fused-ring (bicyclic) bond motifs is 1. The van der Waals surface area contributed by atoms with Gasteiger partial charge in [0.2, 0.25) is 5.91 Å². The summed E-state index contributed by atoms with van der Waals surface area (Å²) in [7, 11) is 1.67. The molecule has 1 aliphatic heterocycles. The highest BCUT2D eigenvalue weighted by molar-refractivity contribution is 14.2. The maximum Gasteiger partial charge on any atom is 0.310 e. The third-order valence-electron chi connectivity index (χ3n) is 6.77. The fourth-order valence-electron chi connectivity index (χ4n) is 4.84. The minimum absolute atomic E-state index is 0.199. The van der Waals surface area contributed by atoms with Gasteiger partial charge in [-0.3, -0.25) is 9.59 Å². The second kappa shape index (κ2) is 9.16. The van der Waals surface area contributed by atoms with Gasteiger partial charge in [-0.1, -0.05) is 22.8 Å². The summed E-state index contributed by atoms with van der Waals surface area (Å²) in [5, 5.41) is 0. The lowest BCUT2D eigenvalue weighted by Gasteiger charge is -2.43. The summed E-state index contributed by atoms with van der Waals surface area (Å²) in [5.41, 5.74) is 6.16. The molecule has 1 aromatic carbocycles. The van der Waals surface area contributed by atoms with Crippen LogP contribution in [0, 0.1) is 19.3 Å². The molecule has 6 heteroatoms. The van der Waals surface area contributed by atoms with E-state index >= 15 is 0 Å². The Morgan fingerprint density at radius 2 is 1.86 bits per heavy atom. The number of carbonyl (C=O) groups excluding carboxylic acids is 2. The lowest BCUT2D eigenvalue weighted by molar-refractivity contribution is -0.142. The number of carbonyl (C=O) groups is 2. The normalized spacial score (nSPS) is 19.2. The van der Waals surface area contributed by atoms with Gasteiger partial charge in [-0.25, -0.2) is 0 Å². The largest absolute Gasteiger partial charge is 0.466 e. The van der Waals surface area contributed by atoms with Crippen molar-refractivity contribution in [3.8, 4) is 0 Å². The number of hydrogen-bond donors (Lipinski definition) is 0. The van der Waals surface area contributed by atoms with E-state index in [-0.39, 0.29) is 18.3 Å². The van der Waals surface area contributed by atoms with Gasteiger partial charge >= 0.3 is 5.97 Å². The molecule has 1 aromatic rings. The molecule has 0 saturated heterocycles. The van der Waals surface area contributed by atoms with E-state index in [1.807, 2.05) is 6.92 Å². The summed E-state index contributed by atoms with van der Waals surface area (Å²) in [6, 6.07) is 0.360. The van der Waals surface area contributed by atoms with Crippen LogP contribution in [-0.4, -0.2) is 29.4 Å². The average Bonchev–Trinajstić information content (AvgIpc) is 2.66. The predicted molar refractivity (Wildman–Crippen MR) is 126 cm³/mol. The van der Waals surface area contributed by atoms with E-state index < -0.39 is 0 Å². The molecule has 29 heavy (non-hydrogen) atoms. The molecule has 0 aromatic heterocycles. The van der Waals surface area contributed by atoms with Gasteiger partial charge < -0.3 is 9.64 Å². The van der Waals surface area contributed by atoms with E-state index in [0.29, 0.717) is 31.0 Å². The van der Waals surface area contributed by atoms with Crippen molar-refractivity contribution < 1.29 is 14.3 Å². The minimum Gasteiger partial charge on any atom is -0.466 e. The van der Waals surface area contributed by atoms with E-state index in [0.717, 1.165) is 34.4 Å². The molecule has 1 heterocycles. The van der Waals surface area contributed by atoms with Crippen molar-refractivity contribution in [2.75, 3.05) is 6.61 Å². The van der Waals surface area contributed by atoms with E-state index in [4.69, 9.17) is 4.74 Å². The topological polar surface area (TPSA) is 46.6 Å². The van der Waals surface area contributed by atoms with Gasteiger partial charge in [-0.15, -0.1) is 0 Å². The Balaban J connectivity index is 1.93. The Morgan fingerprint density at radius 1 is 1.21 bits per heavy atom. The Hall–Kier alpha value is -0.760. The zero-order valence-electron chi connectivity index (χ0n) is 18.2. The molecule has 0 N–H and O–H groups in total. The van der Waals surface area contributed by atoms with Crippen LogP contribution >= 0.6 is 30.1 Å². The summed E-state index contributed by atoms with van der Waals surface area (Å²) >= 11 is 2.30. The first-order valence-corrected chi connectivity index (χ1v) is 13.9. The molecule has 3 rings (SSSR count). The molecule has 2 aliphatic rings. The van der Waals surface area contributed by atoms with Crippen LogP contribution in [0.4, 0.5) is 0 Å². The van der Waals surface area contributed by atoms with Crippen molar-refractivity contribution in [3.63, 3.8) is 0 Å². The third kappa shape index (κ3) is 4.78. The van der Waals surface area contributed by atoms with Gasteiger partial charge in [0, 0.05) is 38.7 Å². The second-order valence-corrected chi connectivity index (χ2v) is 11.1. The number of benzene rings is 1. The van der Waals surface area contributed by atoms with Crippen LogP contribution < -0.4 is 0 Å². The molecular weight excluding hydrogens is 497 g/mol.